The van der Waals surface area contributed by atoms with Crippen molar-refractivity contribution in [2.24, 2.45) is 0 Å². The summed E-state index contributed by atoms with van der Waals surface area (Å²) >= 11 is 0. The molecule has 2 N–H and O–H groups in total. The molecule has 0 radical (unpaired) electrons. The molecule has 0 bridgehead atoms. The van der Waals surface area contributed by atoms with Crippen LogP contribution < -0.4 is 10.2 Å². The molecule has 170 valence electrons. The molecule has 32 heavy (non-hydrogen) atoms. The molecule has 0 unspecified atom stereocenters. The first-order valence-electron chi connectivity index (χ1n) is 10.8. The summed E-state index contributed by atoms with van der Waals surface area (Å²) in [6.45, 7) is 5.49. The highest BCUT2D eigenvalue weighted by atomic mass is 19.4. The normalized spacial score (nSPS) is 14.7. The molecule has 1 amide bonds. The SMILES string of the molecule is CCc1c(C(=O)NCCc2ccc(N3CCOCC3)cc2)[nH]c2ccc(C(F)(F)F)cc12. The van der Waals surface area contributed by atoms with E-state index >= 15 is 0 Å². The van der Waals surface area contributed by atoms with Crippen molar-refractivity contribution in [3.63, 3.8) is 0 Å². The number of aromatic amines is 1. The highest BCUT2D eigenvalue weighted by Crippen LogP contribution is 2.33. The van der Waals surface area contributed by atoms with E-state index in [9.17, 15) is 18.0 Å². The molecule has 1 aliphatic heterocycles. The lowest BCUT2D eigenvalue weighted by Gasteiger charge is -2.28. The minimum Gasteiger partial charge on any atom is -0.378 e. The van der Waals surface area contributed by atoms with Crippen LogP contribution >= 0.6 is 0 Å². The molecular weight excluding hydrogens is 419 g/mol. The number of rotatable bonds is 6. The van der Waals surface area contributed by atoms with Crippen molar-refractivity contribution in [2.45, 2.75) is 25.9 Å². The number of aryl methyl sites for hydroxylation is 1. The fraction of sp³-hybridized carbons (Fsp3) is 0.375. The van der Waals surface area contributed by atoms with Crippen molar-refractivity contribution >= 4 is 22.5 Å². The number of amides is 1. The second kappa shape index (κ2) is 9.24. The second-order valence-corrected chi connectivity index (χ2v) is 7.86. The number of carbonyl (C=O) groups excluding carboxylic acids is 1. The molecule has 0 spiro atoms. The van der Waals surface area contributed by atoms with Crippen LogP contribution in [0.2, 0.25) is 0 Å². The summed E-state index contributed by atoms with van der Waals surface area (Å²) in [5.41, 5.74) is 2.99. The number of nitrogens with one attached hydrogen (secondary N) is 2. The topological polar surface area (TPSA) is 57.4 Å². The van der Waals surface area contributed by atoms with Gasteiger partial charge in [-0.15, -0.1) is 0 Å². The first-order valence-corrected chi connectivity index (χ1v) is 10.8. The number of anilines is 1. The van der Waals surface area contributed by atoms with Crippen LogP contribution in [0.25, 0.3) is 10.9 Å². The Morgan fingerprint density at radius 1 is 1.12 bits per heavy atom. The summed E-state index contributed by atoms with van der Waals surface area (Å²) in [6.07, 6.45) is -3.31. The van der Waals surface area contributed by atoms with E-state index in [1.54, 1.807) is 0 Å². The zero-order valence-electron chi connectivity index (χ0n) is 17.9. The number of halogens is 3. The Morgan fingerprint density at radius 2 is 1.84 bits per heavy atom. The molecule has 5 nitrogen and oxygen atoms in total. The van der Waals surface area contributed by atoms with Gasteiger partial charge in [0.1, 0.15) is 5.69 Å². The Morgan fingerprint density at radius 3 is 2.50 bits per heavy atom. The summed E-state index contributed by atoms with van der Waals surface area (Å²) in [5.74, 6) is -0.309. The number of fused-ring (bicyclic) bond motifs is 1. The van der Waals surface area contributed by atoms with Gasteiger partial charge in [0, 0.05) is 36.2 Å². The predicted octanol–water partition coefficient (Wildman–Crippen LogP) is 4.56. The number of hydrogen-bond acceptors (Lipinski definition) is 3. The van der Waals surface area contributed by atoms with Crippen molar-refractivity contribution in [2.75, 3.05) is 37.7 Å². The van der Waals surface area contributed by atoms with E-state index in [0.717, 1.165) is 49.7 Å². The van der Waals surface area contributed by atoms with Crippen molar-refractivity contribution in [3.05, 3.63) is 64.8 Å². The maximum atomic E-state index is 13.1. The third kappa shape index (κ3) is 4.75. The predicted molar refractivity (Wildman–Crippen MR) is 118 cm³/mol. The zero-order valence-corrected chi connectivity index (χ0v) is 17.9. The van der Waals surface area contributed by atoms with Gasteiger partial charge in [0.25, 0.3) is 5.91 Å². The lowest BCUT2D eigenvalue weighted by Crippen LogP contribution is -2.36. The minimum atomic E-state index is -4.42. The molecule has 4 rings (SSSR count). The second-order valence-electron chi connectivity index (χ2n) is 7.86. The number of hydrogen-bond donors (Lipinski definition) is 2. The molecule has 2 heterocycles. The summed E-state index contributed by atoms with van der Waals surface area (Å²) in [7, 11) is 0. The molecule has 0 aliphatic carbocycles. The number of aromatic nitrogens is 1. The van der Waals surface area contributed by atoms with Crippen LogP contribution in [0.5, 0.6) is 0 Å². The van der Waals surface area contributed by atoms with Gasteiger partial charge in [0.05, 0.1) is 18.8 Å². The van der Waals surface area contributed by atoms with E-state index in [2.05, 4.69) is 39.5 Å². The number of alkyl halides is 3. The van der Waals surface area contributed by atoms with Gasteiger partial charge in [0.2, 0.25) is 0 Å². The van der Waals surface area contributed by atoms with Gasteiger partial charge >= 0.3 is 6.18 Å². The van der Waals surface area contributed by atoms with Crippen molar-refractivity contribution in [3.8, 4) is 0 Å². The standard InChI is InChI=1S/C24H26F3N3O2/c1-2-19-20-15-17(24(25,26)27)5-8-21(20)29-22(19)23(31)28-10-9-16-3-6-18(7-4-16)30-11-13-32-14-12-30/h3-8,15,29H,2,9-14H2,1H3,(H,28,31). The fourth-order valence-corrected chi connectivity index (χ4v) is 4.09. The van der Waals surface area contributed by atoms with Crippen molar-refractivity contribution in [1.29, 1.82) is 0 Å². The maximum absolute atomic E-state index is 13.1. The number of carbonyl (C=O) groups is 1. The number of ether oxygens (including phenoxy) is 1. The third-order valence-electron chi connectivity index (χ3n) is 5.83. The number of morpholine rings is 1. The van der Waals surface area contributed by atoms with Gasteiger partial charge in [0.15, 0.2) is 0 Å². The Bertz CT molecular complexity index is 1080. The smallest absolute Gasteiger partial charge is 0.378 e. The molecule has 2 aromatic carbocycles. The van der Waals surface area contributed by atoms with E-state index in [1.807, 2.05) is 6.92 Å². The molecule has 3 aromatic rings. The molecule has 1 fully saturated rings. The van der Waals surface area contributed by atoms with Crippen molar-refractivity contribution < 1.29 is 22.7 Å². The maximum Gasteiger partial charge on any atom is 0.416 e. The van der Waals surface area contributed by atoms with Gasteiger partial charge in [-0.05, 0) is 54.3 Å². The van der Waals surface area contributed by atoms with Crippen LogP contribution in [-0.4, -0.2) is 43.7 Å². The molecule has 1 aromatic heterocycles. The van der Waals surface area contributed by atoms with Crippen LogP contribution in [0.4, 0.5) is 18.9 Å². The minimum absolute atomic E-state index is 0.309. The fourth-order valence-electron chi connectivity index (χ4n) is 4.09. The van der Waals surface area contributed by atoms with Gasteiger partial charge in [-0.3, -0.25) is 4.79 Å². The summed E-state index contributed by atoms with van der Waals surface area (Å²) in [5, 5.41) is 3.32. The van der Waals surface area contributed by atoms with Crippen LogP contribution in [0, 0.1) is 0 Å². The van der Waals surface area contributed by atoms with Crippen molar-refractivity contribution in [1.82, 2.24) is 10.3 Å². The van der Waals surface area contributed by atoms with E-state index in [1.165, 1.54) is 6.07 Å². The van der Waals surface area contributed by atoms with Crippen LogP contribution in [0.15, 0.2) is 42.5 Å². The average molecular weight is 445 g/mol. The van der Waals surface area contributed by atoms with Gasteiger partial charge in [-0.1, -0.05) is 19.1 Å². The largest absolute Gasteiger partial charge is 0.416 e. The Hall–Kier alpha value is -3.00. The molecule has 0 atom stereocenters. The van der Waals surface area contributed by atoms with Gasteiger partial charge in [-0.2, -0.15) is 13.2 Å². The molecular formula is C24H26F3N3O2. The summed E-state index contributed by atoms with van der Waals surface area (Å²) in [6, 6.07) is 11.8. The Kier molecular flexibility index (Phi) is 6.41. The average Bonchev–Trinajstić information content (AvgIpc) is 3.17. The van der Waals surface area contributed by atoms with E-state index in [4.69, 9.17) is 4.74 Å². The monoisotopic (exact) mass is 445 g/mol. The highest BCUT2D eigenvalue weighted by molar-refractivity contribution is 6.01. The lowest BCUT2D eigenvalue weighted by molar-refractivity contribution is -0.137. The van der Waals surface area contributed by atoms with E-state index < -0.39 is 11.7 Å². The van der Waals surface area contributed by atoms with Gasteiger partial charge in [-0.25, -0.2) is 0 Å². The molecule has 1 aliphatic rings. The lowest BCUT2D eigenvalue weighted by atomic mass is 10.1. The summed E-state index contributed by atoms with van der Waals surface area (Å²) in [4.78, 5) is 18.0. The number of nitrogens with zero attached hydrogens (tertiary/aromatic N) is 1. The first-order chi connectivity index (χ1) is 15.4. The third-order valence-corrected chi connectivity index (χ3v) is 5.83. The van der Waals surface area contributed by atoms with Crippen LogP contribution in [-0.2, 0) is 23.8 Å². The Balaban J connectivity index is 1.40. The van der Waals surface area contributed by atoms with E-state index in [-0.39, 0.29) is 5.91 Å². The first kappa shape index (κ1) is 22.2. The van der Waals surface area contributed by atoms with E-state index in [0.29, 0.717) is 41.5 Å². The Labute approximate surface area is 184 Å². The van der Waals surface area contributed by atoms with Crippen LogP contribution in [0.1, 0.15) is 34.1 Å². The highest BCUT2D eigenvalue weighted by Gasteiger charge is 2.31. The quantitative estimate of drug-likeness (QED) is 0.585. The zero-order chi connectivity index (χ0) is 22.7. The number of benzene rings is 2. The molecule has 8 heteroatoms. The number of H-pyrrole nitrogens is 1. The molecule has 0 saturated carbocycles. The molecule has 1 saturated heterocycles. The van der Waals surface area contributed by atoms with Gasteiger partial charge < -0.3 is 19.9 Å². The summed E-state index contributed by atoms with van der Waals surface area (Å²) < 4.78 is 44.6. The van der Waals surface area contributed by atoms with Crippen LogP contribution in [0.3, 0.4) is 0 Å².